The van der Waals surface area contributed by atoms with Gasteiger partial charge in [-0.3, -0.25) is 0 Å². The summed E-state index contributed by atoms with van der Waals surface area (Å²) >= 11 is 0. The Morgan fingerprint density at radius 2 is 2.00 bits per heavy atom. The van der Waals surface area contributed by atoms with Crippen LogP contribution in [0.15, 0.2) is 18.2 Å². The van der Waals surface area contributed by atoms with Crippen molar-refractivity contribution in [2.24, 2.45) is 0 Å². The van der Waals surface area contributed by atoms with Gasteiger partial charge in [0, 0.05) is 33.3 Å². The van der Waals surface area contributed by atoms with Gasteiger partial charge in [-0.05, 0) is 24.7 Å². The highest BCUT2D eigenvalue weighted by Crippen LogP contribution is 2.24. The molecule has 18 heavy (non-hydrogen) atoms. The zero-order valence-corrected chi connectivity index (χ0v) is 11.0. The molecule has 0 unspecified atom stereocenters. The summed E-state index contributed by atoms with van der Waals surface area (Å²) in [6, 6.07) is 4.85. The van der Waals surface area contributed by atoms with Gasteiger partial charge in [-0.15, -0.1) is 0 Å². The molecule has 0 saturated carbocycles. The van der Waals surface area contributed by atoms with Crippen molar-refractivity contribution in [3.8, 4) is 11.5 Å². The van der Waals surface area contributed by atoms with Crippen LogP contribution in [0.2, 0.25) is 0 Å². The number of likely N-dealkylation sites (N-methyl/N-ethyl adjacent to an activating group) is 1. The topological polar surface area (TPSA) is 65.0 Å². The van der Waals surface area contributed by atoms with Crippen molar-refractivity contribution < 1.29 is 14.9 Å². The van der Waals surface area contributed by atoms with Crippen molar-refractivity contribution in [3.05, 3.63) is 23.8 Å². The number of aromatic hydroxyl groups is 2. The Hall–Kier alpha value is -1.30. The van der Waals surface area contributed by atoms with Crippen LogP contribution in [-0.2, 0) is 11.3 Å². The Kier molecular flexibility index (Phi) is 6.49. The highest BCUT2D eigenvalue weighted by Gasteiger charge is 2.01. The lowest BCUT2D eigenvalue weighted by Crippen LogP contribution is -2.31. The van der Waals surface area contributed by atoms with Crippen molar-refractivity contribution in [2.75, 3.05) is 40.4 Å². The first-order chi connectivity index (χ1) is 8.63. The number of hydrogen-bond donors (Lipinski definition) is 3. The Balaban J connectivity index is 2.19. The van der Waals surface area contributed by atoms with Gasteiger partial charge in [0.05, 0.1) is 6.61 Å². The SMILES string of the molecule is COCCN(C)CCNCc1ccc(O)c(O)c1. The van der Waals surface area contributed by atoms with Gasteiger partial charge >= 0.3 is 0 Å². The van der Waals surface area contributed by atoms with Crippen molar-refractivity contribution in [3.63, 3.8) is 0 Å². The summed E-state index contributed by atoms with van der Waals surface area (Å²) in [5.41, 5.74) is 0.949. The van der Waals surface area contributed by atoms with E-state index >= 15 is 0 Å². The Labute approximate surface area is 108 Å². The molecule has 1 aromatic rings. The third-order valence-electron chi connectivity index (χ3n) is 2.72. The second kappa shape index (κ2) is 7.92. The van der Waals surface area contributed by atoms with E-state index in [1.807, 2.05) is 7.05 Å². The molecule has 102 valence electrons. The smallest absolute Gasteiger partial charge is 0.157 e. The fraction of sp³-hybridized carbons (Fsp3) is 0.538. The molecule has 0 aliphatic heterocycles. The summed E-state index contributed by atoms with van der Waals surface area (Å²) in [5.74, 6) is -0.162. The molecule has 0 aliphatic rings. The summed E-state index contributed by atoms with van der Waals surface area (Å²) in [4.78, 5) is 2.19. The molecule has 0 spiro atoms. The van der Waals surface area contributed by atoms with Crippen molar-refractivity contribution >= 4 is 0 Å². The number of nitrogens with one attached hydrogen (secondary N) is 1. The lowest BCUT2D eigenvalue weighted by molar-refractivity contribution is 0.161. The largest absolute Gasteiger partial charge is 0.504 e. The molecule has 1 aromatic carbocycles. The molecular weight excluding hydrogens is 232 g/mol. The van der Waals surface area contributed by atoms with Gasteiger partial charge in [-0.2, -0.15) is 0 Å². The third-order valence-corrected chi connectivity index (χ3v) is 2.72. The zero-order chi connectivity index (χ0) is 13.4. The van der Waals surface area contributed by atoms with Gasteiger partial charge in [0.1, 0.15) is 0 Å². The average Bonchev–Trinajstić information content (AvgIpc) is 2.36. The average molecular weight is 254 g/mol. The molecule has 0 aromatic heterocycles. The summed E-state index contributed by atoms with van der Waals surface area (Å²) in [6.07, 6.45) is 0. The van der Waals surface area contributed by atoms with Gasteiger partial charge in [0.2, 0.25) is 0 Å². The molecule has 5 nitrogen and oxygen atoms in total. The number of phenols is 2. The van der Waals surface area contributed by atoms with Crippen molar-refractivity contribution in [1.29, 1.82) is 0 Å². The summed E-state index contributed by atoms with van der Waals surface area (Å²) in [5, 5.41) is 21.8. The number of benzene rings is 1. The van der Waals surface area contributed by atoms with E-state index in [2.05, 4.69) is 10.2 Å². The van der Waals surface area contributed by atoms with Crippen molar-refractivity contribution in [1.82, 2.24) is 10.2 Å². The van der Waals surface area contributed by atoms with Crippen LogP contribution in [-0.4, -0.2) is 55.5 Å². The van der Waals surface area contributed by atoms with E-state index in [1.165, 1.54) is 6.07 Å². The normalized spacial score (nSPS) is 11.1. The molecular formula is C13H22N2O3. The van der Waals surface area contributed by atoms with E-state index in [9.17, 15) is 10.2 Å². The molecule has 0 bridgehead atoms. The maximum atomic E-state index is 9.34. The molecule has 5 heteroatoms. The fourth-order valence-corrected chi connectivity index (χ4v) is 1.54. The predicted octanol–water partition coefficient (Wildman–Crippen LogP) is 0.766. The molecule has 0 amide bonds. The number of phenolic OH excluding ortho intramolecular Hbond substituents is 2. The maximum Gasteiger partial charge on any atom is 0.157 e. The van der Waals surface area contributed by atoms with Gasteiger partial charge in [-0.25, -0.2) is 0 Å². The van der Waals surface area contributed by atoms with Gasteiger partial charge < -0.3 is 25.2 Å². The van der Waals surface area contributed by atoms with E-state index in [-0.39, 0.29) is 11.5 Å². The van der Waals surface area contributed by atoms with Crippen LogP contribution >= 0.6 is 0 Å². The molecule has 0 saturated heterocycles. The molecule has 0 radical (unpaired) electrons. The Morgan fingerprint density at radius 1 is 1.22 bits per heavy atom. The van der Waals surface area contributed by atoms with Gasteiger partial charge in [0.25, 0.3) is 0 Å². The number of methoxy groups -OCH3 is 1. The quantitative estimate of drug-likeness (QED) is 0.472. The zero-order valence-electron chi connectivity index (χ0n) is 11.0. The lowest BCUT2D eigenvalue weighted by atomic mass is 10.2. The van der Waals surface area contributed by atoms with Crippen molar-refractivity contribution in [2.45, 2.75) is 6.54 Å². The van der Waals surface area contributed by atoms with Gasteiger partial charge in [-0.1, -0.05) is 6.07 Å². The minimum atomic E-state index is -0.0851. The van der Waals surface area contributed by atoms with E-state index in [4.69, 9.17) is 4.74 Å². The van der Waals surface area contributed by atoms with Crippen LogP contribution in [0.3, 0.4) is 0 Å². The second-order valence-corrected chi connectivity index (χ2v) is 4.30. The van der Waals surface area contributed by atoms with Crippen LogP contribution in [0, 0.1) is 0 Å². The monoisotopic (exact) mass is 254 g/mol. The van der Waals surface area contributed by atoms with Crippen LogP contribution in [0.5, 0.6) is 11.5 Å². The number of rotatable bonds is 8. The van der Waals surface area contributed by atoms with E-state index < -0.39 is 0 Å². The first-order valence-corrected chi connectivity index (χ1v) is 6.02. The van der Waals surface area contributed by atoms with Crippen LogP contribution in [0.4, 0.5) is 0 Å². The van der Waals surface area contributed by atoms with Crippen LogP contribution in [0.1, 0.15) is 5.56 Å². The first-order valence-electron chi connectivity index (χ1n) is 6.02. The molecule has 1 rings (SSSR count). The van der Waals surface area contributed by atoms with Crippen LogP contribution in [0.25, 0.3) is 0 Å². The number of ether oxygens (including phenoxy) is 1. The van der Waals surface area contributed by atoms with E-state index in [0.717, 1.165) is 31.8 Å². The summed E-state index contributed by atoms with van der Waals surface area (Å²) in [7, 11) is 3.75. The maximum absolute atomic E-state index is 9.34. The molecule has 0 aliphatic carbocycles. The lowest BCUT2D eigenvalue weighted by Gasteiger charge is -2.16. The first kappa shape index (κ1) is 14.8. The minimum absolute atomic E-state index is 0.0773. The van der Waals surface area contributed by atoms with Gasteiger partial charge in [0.15, 0.2) is 11.5 Å². The fourth-order valence-electron chi connectivity index (χ4n) is 1.54. The highest BCUT2D eigenvalue weighted by molar-refractivity contribution is 5.40. The Bertz CT molecular complexity index is 358. The second-order valence-electron chi connectivity index (χ2n) is 4.30. The Morgan fingerprint density at radius 3 is 2.67 bits per heavy atom. The molecule has 0 fully saturated rings. The third kappa shape index (κ3) is 5.35. The van der Waals surface area contributed by atoms with E-state index in [1.54, 1.807) is 19.2 Å². The standard InChI is InChI=1S/C13H22N2O3/c1-15(7-8-18-2)6-5-14-10-11-3-4-12(16)13(17)9-11/h3-4,9,14,16-17H,5-8,10H2,1-2H3. The molecule has 0 atom stereocenters. The minimum Gasteiger partial charge on any atom is -0.504 e. The highest BCUT2D eigenvalue weighted by atomic mass is 16.5. The van der Waals surface area contributed by atoms with E-state index in [0.29, 0.717) is 6.54 Å². The summed E-state index contributed by atoms with van der Waals surface area (Å²) < 4.78 is 5.00. The molecule has 3 N–H and O–H groups in total. The summed E-state index contributed by atoms with van der Waals surface area (Å²) in [6.45, 7) is 4.13. The van der Waals surface area contributed by atoms with Crippen LogP contribution < -0.4 is 5.32 Å². The number of nitrogens with zero attached hydrogens (tertiary/aromatic N) is 1. The predicted molar refractivity (Wildman–Crippen MR) is 70.9 cm³/mol. The molecule has 0 heterocycles. The number of hydrogen-bond acceptors (Lipinski definition) is 5.